The van der Waals surface area contributed by atoms with Gasteiger partial charge in [0.05, 0.1) is 12.8 Å². The van der Waals surface area contributed by atoms with Crippen LogP contribution in [0.5, 0.6) is 17.2 Å². The van der Waals surface area contributed by atoms with Crippen LogP contribution >= 0.6 is 0 Å². The molecule has 32 heavy (non-hydrogen) atoms. The highest BCUT2D eigenvalue weighted by Crippen LogP contribution is 2.23. The van der Waals surface area contributed by atoms with Gasteiger partial charge >= 0.3 is 0 Å². The Morgan fingerprint density at radius 2 is 1.59 bits per heavy atom. The molecule has 0 saturated carbocycles. The smallest absolute Gasteiger partial charge is 0.267 e. The third kappa shape index (κ3) is 5.20. The Kier molecular flexibility index (Phi) is 6.27. The molecule has 0 fully saturated rings. The van der Waals surface area contributed by atoms with Crippen molar-refractivity contribution in [3.05, 3.63) is 101 Å². The Balaban J connectivity index is 1.43. The van der Waals surface area contributed by atoms with Crippen molar-refractivity contribution < 1.29 is 14.3 Å². The van der Waals surface area contributed by atoms with Gasteiger partial charge in [-0.2, -0.15) is 5.10 Å². The molecule has 0 spiro atoms. The van der Waals surface area contributed by atoms with Gasteiger partial charge in [0.15, 0.2) is 0 Å². The quantitative estimate of drug-likeness (QED) is 0.474. The molecule has 7 nitrogen and oxygen atoms in total. The van der Waals surface area contributed by atoms with Crippen molar-refractivity contribution in [2.24, 2.45) is 0 Å². The number of aromatic nitrogens is 2. The van der Waals surface area contributed by atoms with Gasteiger partial charge in [-0.15, -0.1) is 0 Å². The van der Waals surface area contributed by atoms with E-state index in [1.807, 2.05) is 54.6 Å². The van der Waals surface area contributed by atoms with E-state index in [4.69, 9.17) is 9.47 Å². The number of carbonyl (C=O) groups excluding carboxylic acids is 1. The number of carbonyl (C=O) groups is 1. The first-order valence-corrected chi connectivity index (χ1v) is 9.96. The van der Waals surface area contributed by atoms with Crippen molar-refractivity contribution in [1.29, 1.82) is 0 Å². The third-order valence-electron chi connectivity index (χ3n) is 4.64. The van der Waals surface area contributed by atoms with E-state index in [9.17, 15) is 9.59 Å². The highest BCUT2D eigenvalue weighted by atomic mass is 16.5. The molecule has 0 bridgehead atoms. The van der Waals surface area contributed by atoms with Gasteiger partial charge in [0.1, 0.15) is 23.8 Å². The number of nitrogens with zero attached hydrogens (tertiary/aromatic N) is 2. The van der Waals surface area contributed by atoms with E-state index >= 15 is 0 Å². The van der Waals surface area contributed by atoms with Crippen molar-refractivity contribution in [2.45, 2.75) is 6.54 Å². The van der Waals surface area contributed by atoms with Crippen LogP contribution in [-0.2, 0) is 11.3 Å². The van der Waals surface area contributed by atoms with Gasteiger partial charge in [-0.25, -0.2) is 4.68 Å². The molecule has 3 aromatic carbocycles. The molecule has 0 aliphatic heterocycles. The molecule has 1 amide bonds. The number of methoxy groups -OCH3 is 1. The standard InChI is InChI=1S/C25H21N3O4/c1-31-22-9-5-6-18(16-22)23-14-15-25(30)28(27-23)17-24(29)26-19-10-12-21(13-11-19)32-20-7-3-2-4-8-20/h2-16H,17H2,1H3,(H,26,29). The molecular weight excluding hydrogens is 406 g/mol. The van der Waals surface area contributed by atoms with E-state index in [2.05, 4.69) is 10.4 Å². The van der Waals surface area contributed by atoms with E-state index in [-0.39, 0.29) is 18.0 Å². The van der Waals surface area contributed by atoms with Crippen LogP contribution in [0.25, 0.3) is 11.3 Å². The van der Waals surface area contributed by atoms with Crippen LogP contribution in [0, 0.1) is 0 Å². The van der Waals surface area contributed by atoms with Gasteiger partial charge in [-0.05, 0) is 54.6 Å². The maximum absolute atomic E-state index is 12.5. The fourth-order valence-corrected chi connectivity index (χ4v) is 3.07. The summed E-state index contributed by atoms with van der Waals surface area (Å²) in [5, 5.41) is 7.10. The maximum Gasteiger partial charge on any atom is 0.267 e. The van der Waals surface area contributed by atoms with Crippen molar-refractivity contribution in [3.63, 3.8) is 0 Å². The number of hydrogen-bond acceptors (Lipinski definition) is 5. The van der Waals surface area contributed by atoms with E-state index < -0.39 is 0 Å². The van der Waals surface area contributed by atoms with Crippen molar-refractivity contribution >= 4 is 11.6 Å². The summed E-state index contributed by atoms with van der Waals surface area (Å²) in [6.07, 6.45) is 0. The molecule has 0 atom stereocenters. The molecule has 7 heteroatoms. The lowest BCUT2D eigenvalue weighted by molar-refractivity contribution is -0.117. The molecule has 1 N–H and O–H groups in total. The summed E-state index contributed by atoms with van der Waals surface area (Å²) in [5.41, 5.74) is 1.58. The summed E-state index contributed by atoms with van der Waals surface area (Å²) in [6.45, 7) is -0.209. The average molecular weight is 427 g/mol. The normalized spacial score (nSPS) is 10.4. The lowest BCUT2D eigenvalue weighted by Gasteiger charge is -2.10. The Labute approximate surface area is 184 Å². The minimum Gasteiger partial charge on any atom is -0.497 e. The Morgan fingerprint density at radius 1 is 0.875 bits per heavy atom. The third-order valence-corrected chi connectivity index (χ3v) is 4.64. The summed E-state index contributed by atoms with van der Waals surface area (Å²) < 4.78 is 12.1. The number of nitrogens with one attached hydrogen (secondary N) is 1. The van der Waals surface area contributed by atoms with Crippen LogP contribution in [0.1, 0.15) is 0 Å². The second-order valence-corrected chi connectivity index (χ2v) is 6.93. The molecule has 4 aromatic rings. The van der Waals surface area contributed by atoms with E-state index in [1.165, 1.54) is 6.07 Å². The molecule has 0 unspecified atom stereocenters. The van der Waals surface area contributed by atoms with Crippen molar-refractivity contribution in [3.8, 4) is 28.5 Å². The van der Waals surface area contributed by atoms with Crippen LogP contribution in [0.4, 0.5) is 5.69 Å². The highest BCUT2D eigenvalue weighted by Gasteiger charge is 2.09. The maximum atomic E-state index is 12.5. The molecule has 4 rings (SSSR count). The zero-order chi connectivity index (χ0) is 22.3. The molecule has 1 heterocycles. The fraction of sp³-hybridized carbons (Fsp3) is 0.0800. The minimum absolute atomic E-state index is 0.209. The summed E-state index contributed by atoms with van der Waals surface area (Å²) in [7, 11) is 1.58. The van der Waals surface area contributed by atoms with Crippen molar-refractivity contribution in [2.75, 3.05) is 12.4 Å². The largest absolute Gasteiger partial charge is 0.497 e. The molecule has 0 aliphatic carbocycles. The van der Waals surface area contributed by atoms with Gasteiger partial charge in [0, 0.05) is 17.3 Å². The number of rotatable bonds is 7. The van der Waals surface area contributed by atoms with Gasteiger partial charge in [-0.3, -0.25) is 9.59 Å². The molecule has 0 saturated heterocycles. The Bertz CT molecular complexity index is 1270. The van der Waals surface area contributed by atoms with Gasteiger partial charge in [0.25, 0.3) is 5.56 Å². The first kappa shape index (κ1) is 20.9. The molecular formula is C25H21N3O4. The number of anilines is 1. The number of hydrogen-bond donors (Lipinski definition) is 1. The summed E-state index contributed by atoms with van der Waals surface area (Å²) in [4.78, 5) is 24.7. The first-order chi connectivity index (χ1) is 15.6. The second kappa shape index (κ2) is 9.61. The van der Waals surface area contributed by atoms with Crippen LogP contribution in [0.2, 0.25) is 0 Å². The summed E-state index contributed by atoms with van der Waals surface area (Å²) in [6, 6.07) is 26.8. The van der Waals surface area contributed by atoms with E-state index in [0.29, 0.717) is 22.9 Å². The van der Waals surface area contributed by atoms with Gasteiger partial charge in [-0.1, -0.05) is 30.3 Å². The highest BCUT2D eigenvalue weighted by molar-refractivity contribution is 5.90. The number of benzene rings is 3. The molecule has 1 aromatic heterocycles. The minimum atomic E-state index is -0.363. The van der Waals surface area contributed by atoms with E-state index in [1.54, 1.807) is 37.4 Å². The van der Waals surface area contributed by atoms with Crippen molar-refractivity contribution in [1.82, 2.24) is 9.78 Å². The SMILES string of the molecule is COc1cccc(-c2ccc(=O)n(CC(=O)Nc3ccc(Oc4ccccc4)cc3)n2)c1. The summed E-state index contributed by atoms with van der Waals surface area (Å²) in [5.74, 6) is 1.70. The molecule has 160 valence electrons. The summed E-state index contributed by atoms with van der Waals surface area (Å²) >= 11 is 0. The predicted octanol–water partition coefficient (Wildman–Crippen LogP) is 4.35. The first-order valence-electron chi connectivity index (χ1n) is 9.96. The zero-order valence-electron chi connectivity index (χ0n) is 17.4. The molecule has 0 radical (unpaired) electrons. The second-order valence-electron chi connectivity index (χ2n) is 6.93. The van der Waals surface area contributed by atoms with Crippen LogP contribution in [-0.4, -0.2) is 22.8 Å². The predicted molar refractivity (Wildman–Crippen MR) is 122 cm³/mol. The van der Waals surface area contributed by atoms with Crippen LogP contribution < -0.4 is 20.3 Å². The van der Waals surface area contributed by atoms with Crippen LogP contribution in [0.15, 0.2) is 95.8 Å². The topological polar surface area (TPSA) is 82.5 Å². The van der Waals surface area contributed by atoms with Crippen LogP contribution in [0.3, 0.4) is 0 Å². The Hall–Kier alpha value is -4.39. The lowest BCUT2D eigenvalue weighted by atomic mass is 10.1. The van der Waals surface area contributed by atoms with Gasteiger partial charge in [0.2, 0.25) is 5.91 Å². The lowest BCUT2D eigenvalue weighted by Crippen LogP contribution is -2.29. The fourth-order valence-electron chi connectivity index (χ4n) is 3.07. The monoisotopic (exact) mass is 427 g/mol. The Morgan fingerprint density at radius 3 is 2.34 bits per heavy atom. The zero-order valence-corrected chi connectivity index (χ0v) is 17.4. The number of amides is 1. The molecule has 0 aliphatic rings. The van der Waals surface area contributed by atoms with Gasteiger partial charge < -0.3 is 14.8 Å². The van der Waals surface area contributed by atoms with E-state index in [0.717, 1.165) is 16.0 Å². The number of ether oxygens (including phenoxy) is 2. The number of para-hydroxylation sites is 1. The average Bonchev–Trinajstić information content (AvgIpc) is 2.82.